The summed E-state index contributed by atoms with van der Waals surface area (Å²) in [6, 6.07) is 7.11. The Morgan fingerprint density at radius 3 is 2.35 bits per heavy atom. The van der Waals surface area contributed by atoms with E-state index in [0.717, 1.165) is 18.2 Å². The summed E-state index contributed by atoms with van der Waals surface area (Å²) in [4.78, 5) is 11.8. The molecule has 1 aliphatic rings. The normalized spacial score (nSPS) is 15.6. The zero-order valence-electron chi connectivity index (χ0n) is 11.5. The summed E-state index contributed by atoms with van der Waals surface area (Å²) in [5.74, 6) is -2.25. The van der Waals surface area contributed by atoms with Crippen molar-refractivity contribution in [2.24, 2.45) is 5.14 Å². The first-order valence-corrected chi connectivity index (χ1v) is 7.96. The molecule has 0 spiro atoms. The van der Waals surface area contributed by atoms with E-state index in [1.165, 1.54) is 24.3 Å². The van der Waals surface area contributed by atoms with Gasteiger partial charge in [0, 0.05) is 22.4 Å². The van der Waals surface area contributed by atoms with Crippen LogP contribution in [0.15, 0.2) is 41.3 Å². The summed E-state index contributed by atoms with van der Waals surface area (Å²) in [6.07, 6.45) is 1.04. The smallest absolute Gasteiger partial charge is 0.256 e. The molecule has 2 aromatic carbocycles. The van der Waals surface area contributed by atoms with E-state index >= 15 is 0 Å². The molecule has 5 nitrogen and oxygen atoms in total. The predicted molar refractivity (Wildman–Crippen MR) is 80.7 cm³/mol. The van der Waals surface area contributed by atoms with Crippen LogP contribution >= 0.6 is 0 Å². The molecular formula is C15H10F2N2O3S. The summed E-state index contributed by atoms with van der Waals surface area (Å²) < 4.78 is 50.3. The number of amides is 1. The van der Waals surface area contributed by atoms with Crippen LogP contribution in [-0.2, 0) is 14.8 Å². The highest BCUT2D eigenvalue weighted by Crippen LogP contribution is 2.35. The number of carbonyl (C=O) groups is 1. The Morgan fingerprint density at radius 2 is 1.74 bits per heavy atom. The van der Waals surface area contributed by atoms with Crippen LogP contribution in [0, 0.1) is 11.6 Å². The number of rotatable bonds is 2. The van der Waals surface area contributed by atoms with Crippen LogP contribution in [0.4, 0.5) is 14.5 Å². The maximum atomic E-state index is 13.7. The van der Waals surface area contributed by atoms with Crippen molar-refractivity contribution in [2.45, 2.75) is 4.90 Å². The second kappa shape index (κ2) is 5.25. The van der Waals surface area contributed by atoms with E-state index in [9.17, 15) is 22.0 Å². The SMILES string of the molecule is NS(=O)(=O)c1ccc2c(c1)C(=Cc1c(F)cccc1F)C(=O)N2. The number of nitrogens with two attached hydrogens (primary N) is 1. The molecule has 0 atom stereocenters. The first-order valence-electron chi connectivity index (χ1n) is 6.41. The first-order chi connectivity index (χ1) is 10.8. The highest BCUT2D eigenvalue weighted by atomic mass is 32.2. The van der Waals surface area contributed by atoms with E-state index in [1.54, 1.807) is 0 Å². The van der Waals surface area contributed by atoms with Gasteiger partial charge in [-0.15, -0.1) is 0 Å². The number of primary sulfonamides is 1. The van der Waals surface area contributed by atoms with Crippen molar-refractivity contribution >= 4 is 33.3 Å². The highest BCUT2D eigenvalue weighted by molar-refractivity contribution is 7.89. The zero-order valence-corrected chi connectivity index (χ0v) is 12.3. The highest BCUT2D eigenvalue weighted by Gasteiger charge is 2.26. The lowest BCUT2D eigenvalue weighted by Crippen LogP contribution is -2.12. The molecule has 1 amide bonds. The minimum absolute atomic E-state index is 0.0468. The summed E-state index contributed by atoms with van der Waals surface area (Å²) in [7, 11) is -3.97. The summed E-state index contributed by atoms with van der Waals surface area (Å²) in [5, 5.41) is 7.56. The fourth-order valence-corrected chi connectivity index (χ4v) is 2.82. The zero-order chi connectivity index (χ0) is 16.8. The van der Waals surface area contributed by atoms with Crippen molar-refractivity contribution in [2.75, 3.05) is 5.32 Å². The molecule has 0 saturated carbocycles. The van der Waals surface area contributed by atoms with Gasteiger partial charge in [0.05, 0.1) is 4.90 Å². The number of sulfonamides is 1. The second-order valence-corrected chi connectivity index (χ2v) is 6.46. The third kappa shape index (κ3) is 2.73. The van der Waals surface area contributed by atoms with Crippen molar-refractivity contribution < 1.29 is 22.0 Å². The summed E-state index contributed by atoms with van der Waals surface area (Å²) in [6.45, 7) is 0. The van der Waals surface area contributed by atoms with Gasteiger partial charge in [-0.2, -0.15) is 0 Å². The average Bonchev–Trinajstić information content (AvgIpc) is 2.77. The van der Waals surface area contributed by atoms with Gasteiger partial charge in [-0.1, -0.05) is 6.07 Å². The van der Waals surface area contributed by atoms with Gasteiger partial charge in [0.25, 0.3) is 5.91 Å². The number of hydrogen-bond donors (Lipinski definition) is 2. The van der Waals surface area contributed by atoms with Crippen molar-refractivity contribution in [1.82, 2.24) is 0 Å². The van der Waals surface area contributed by atoms with E-state index in [-0.39, 0.29) is 21.6 Å². The maximum Gasteiger partial charge on any atom is 0.256 e. The lowest BCUT2D eigenvalue weighted by molar-refractivity contribution is -0.110. The van der Waals surface area contributed by atoms with Crippen LogP contribution in [0.25, 0.3) is 11.6 Å². The fraction of sp³-hybridized carbons (Fsp3) is 0. The largest absolute Gasteiger partial charge is 0.321 e. The van der Waals surface area contributed by atoms with Crippen molar-refractivity contribution in [3.63, 3.8) is 0 Å². The van der Waals surface area contributed by atoms with Gasteiger partial charge < -0.3 is 5.32 Å². The first kappa shape index (κ1) is 15.3. The lowest BCUT2D eigenvalue weighted by atomic mass is 10.0. The summed E-state index contributed by atoms with van der Waals surface area (Å²) in [5.41, 5.74) is 0.121. The van der Waals surface area contributed by atoms with Crippen LogP contribution in [0.1, 0.15) is 11.1 Å². The topological polar surface area (TPSA) is 89.3 Å². The molecule has 0 unspecified atom stereocenters. The number of anilines is 1. The van der Waals surface area contributed by atoms with Gasteiger partial charge in [0.15, 0.2) is 0 Å². The minimum atomic E-state index is -3.97. The van der Waals surface area contributed by atoms with Crippen LogP contribution < -0.4 is 10.5 Å². The maximum absolute atomic E-state index is 13.7. The van der Waals surface area contributed by atoms with Crippen LogP contribution in [0.2, 0.25) is 0 Å². The van der Waals surface area contributed by atoms with Crippen molar-refractivity contribution in [3.05, 3.63) is 59.2 Å². The van der Waals surface area contributed by atoms with E-state index in [4.69, 9.17) is 5.14 Å². The quantitative estimate of drug-likeness (QED) is 0.823. The molecule has 1 aliphatic heterocycles. The van der Waals surface area contributed by atoms with Gasteiger partial charge in [-0.3, -0.25) is 4.79 Å². The van der Waals surface area contributed by atoms with Gasteiger partial charge in [-0.05, 0) is 36.4 Å². The Bertz CT molecular complexity index is 948. The molecule has 0 aliphatic carbocycles. The van der Waals surface area contributed by atoms with E-state index in [2.05, 4.69) is 5.32 Å². The van der Waals surface area contributed by atoms with Crippen LogP contribution in [-0.4, -0.2) is 14.3 Å². The average molecular weight is 336 g/mol. The molecule has 3 N–H and O–H groups in total. The molecule has 3 rings (SSSR count). The standard InChI is InChI=1S/C15H10F2N2O3S/c16-12-2-1-3-13(17)11(12)7-10-9-6-8(23(18,21)22)4-5-14(9)19-15(10)20/h1-7H,(H,19,20)(H2,18,21,22). The number of nitrogens with one attached hydrogen (secondary N) is 1. The molecule has 0 aromatic heterocycles. The Hall–Kier alpha value is -2.58. The molecule has 0 radical (unpaired) electrons. The molecule has 1 heterocycles. The van der Waals surface area contributed by atoms with Gasteiger partial charge >= 0.3 is 0 Å². The van der Waals surface area contributed by atoms with Crippen LogP contribution in [0.5, 0.6) is 0 Å². The minimum Gasteiger partial charge on any atom is -0.321 e. The predicted octanol–water partition coefficient (Wildman–Crippen LogP) is 2.10. The second-order valence-electron chi connectivity index (χ2n) is 4.90. The fourth-order valence-electron chi connectivity index (χ4n) is 2.28. The number of fused-ring (bicyclic) bond motifs is 1. The third-order valence-corrected chi connectivity index (χ3v) is 4.30. The van der Waals surface area contributed by atoms with Gasteiger partial charge in [0.1, 0.15) is 11.6 Å². The molecule has 23 heavy (non-hydrogen) atoms. The molecular weight excluding hydrogens is 326 g/mol. The number of hydrogen-bond acceptors (Lipinski definition) is 3. The van der Waals surface area contributed by atoms with E-state index < -0.39 is 27.6 Å². The Labute approximate surface area is 130 Å². The Morgan fingerprint density at radius 1 is 1.09 bits per heavy atom. The number of halogens is 2. The molecule has 2 aromatic rings. The Kier molecular flexibility index (Phi) is 3.50. The van der Waals surface area contributed by atoms with Crippen molar-refractivity contribution in [1.29, 1.82) is 0 Å². The molecule has 118 valence electrons. The van der Waals surface area contributed by atoms with Crippen LogP contribution in [0.3, 0.4) is 0 Å². The van der Waals surface area contributed by atoms with Gasteiger partial charge in [-0.25, -0.2) is 22.3 Å². The monoisotopic (exact) mass is 336 g/mol. The number of carbonyl (C=O) groups excluding carboxylic acids is 1. The van der Waals surface area contributed by atoms with E-state index in [0.29, 0.717) is 5.69 Å². The lowest BCUT2D eigenvalue weighted by Gasteiger charge is -2.03. The Balaban J connectivity index is 2.20. The van der Waals surface area contributed by atoms with Gasteiger partial charge in [0.2, 0.25) is 10.0 Å². The molecule has 0 fully saturated rings. The number of benzene rings is 2. The molecule has 0 bridgehead atoms. The summed E-state index contributed by atoms with van der Waals surface area (Å²) >= 11 is 0. The molecule has 0 saturated heterocycles. The van der Waals surface area contributed by atoms with Crippen molar-refractivity contribution in [3.8, 4) is 0 Å². The van der Waals surface area contributed by atoms with E-state index in [1.807, 2.05) is 0 Å². The third-order valence-electron chi connectivity index (χ3n) is 3.39. The molecule has 8 heteroatoms.